The van der Waals surface area contributed by atoms with Crippen molar-refractivity contribution in [2.24, 2.45) is 29.6 Å². The molecule has 1 aliphatic heterocycles. The Morgan fingerprint density at radius 1 is 1.00 bits per heavy atom. The molecule has 0 aromatic heterocycles. The predicted molar refractivity (Wildman–Crippen MR) is 108 cm³/mol. The maximum absolute atomic E-state index is 12.8. The zero-order valence-electron chi connectivity index (χ0n) is 16.4. The number of hydrogen-bond donors (Lipinski definition) is 0. The number of allylic oxidation sites excluding steroid dienone is 1. The zero-order valence-corrected chi connectivity index (χ0v) is 16.4. The van der Waals surface area contributed by atoms with Gasteiger partial charge in [0.15, 0.2) is 0 Å². The van der Waals surface area contributed by atoms with Crippen molar-refractivity contribution in [1.82, 2.24) is 0 Å². The highest BCUT2D eigenvalue weighted by molar-refractivity contribution is 5.85. The highest BCUT2D eigenvalue weighted by Crippen LogP contribution is 2.65. The maximum atomic E-state index is 12.8. The van der Waals surface area contributed by atoms with Gasteiger partial charge >= 0.3 is 11.9 Å². The monoisotopic (exact) mass is 388 g/mol. The van der Waals surface area contributed by atoms with E-state index in [4.69, 9.17) is 9.47 Å². The van der Waals surface area contributed by atoms with Crippen LogP contribution in [0.4, 0.5) is 0 Å². The molecule has 5 rings (SSSR count). The average molecular weight is 388 g/mol. The van der Waals surface area contributed by atoms with E-state index in [2.05, 4.69) is 60.7 Å². The minimum Gasteiger partial charge on any atom is -0.469 e. The van der Waals surface area contributed by atoms with E-state index in [1.165, 1.54) is 18.2 Å². The summed E-state index contributed by atoms with van der Waals surface area (Å²) in [4.78, 5) is 25.3. The SMILES string of the molecule is COC(=O)[C@H]1[C@@H]([C@H]2CC2(c2ccccc2)c2ccccc2)C=C[C@H]2COC(=O)[C@H]12. The van der Waals surface area contributed by atoms with Crippen molar-refractivity contribution in [3.8, 4) is 0 Å². The first-order chi connectivity index (χ1) is 14.2. The van der Waals surface area contributed by atoms with Crippen molar-refractivity contribution in [1.29, 1.82) is 0 Å². The molecule has 3 aliphatic rings. The van der Waals surface area contributed by atoms with E-state index in [0.29, 0.717) is 6.61 Å². The number of ether oxygens (including phenoxy) is 2. The standard InChI is InChI=1S/C25H24O4/c1-28-23(26)22-19(13-12-16-15-29-24(27)21(16)22)20-14-25(20,17-8-4-2-5-9-17)18-10-6-3-7-11-18/h2-13,16,19-22H,14-15H2,1H3/t16-,19+,20+,21-,22-/m0/s1. The number of methoxy groups -OCH3 is 1. The normalized spacial score (nSPS) is 31.6. The van der Waals surface area contributed by atoms with Gasteiger partial charge in [-0.15, -0.1) is 0 Å². The molecule has 0 spiro atoms. The second-order valence-corrected chi connectivity index (χ2v) is 8.34. The fraction of sp³-hybridized carbons (Fsp3) is 0.360. The molecule has 148 valence electrons. The number of hydrogen-bond acceptors (Lipinski definition) is 4. The molecule has 4 heteroatoms. The smallest absolute Gasteiger partial charge is 0.310 e. The summed E-state index contributed by atoms with van der Waals surface area (Å²) in [5.74, 6) is -1.40. The first kappa shape index (κ1) is 18.2. The first-order valence-corrected chi connectivity index (χ1v) is 10.2. The molecule has 0 N–H and O–H groups in total. The van der Waals surface area contributed by atoms with Gasteiger partial charge in [-0.3, -0.25) is 9.59 Å². The molecule has 4 nitrogen and oxygen atoms in total. The van der Waals surface area contributed by atoms with Gasteiger partial charge in [0.1, 0.15) is 0 Å². The molecule has 2 fully saturated rings. The summed E-state index contributed by atoms with van der Waals surface area (Å²) in [6.07, 6.45) is 5.16. The fourth-order valence-electron chi connectivity index (χ4n) is 5.65. The lowest BCUT2D eigenvalue weighted by Crippen LogP contribution is -2.40. The summed E-state index contributed by atoms with van der Waals surface area (Å²) in [5, 5.41) is 0. The molecule has 2 aliphatic carbocycles. The Labute approximate surface area is 170 Å². The number of carbonyl (C=O) groups is 2. The molecule has 1 heterocycles. The molecule has 1 saturated heterocycles. The Bertz CT molecular complexity index is 910. The second kappa shape index (κ2) is 6.87. The van der Waals surface area contributed by atoms with Crippen molar-refractivity contribution in [2.45, 2.75) is 11.8 Å². The minimum absolute atomic E-state index is 0.0375. The molecule has 0 unspecified atom stereocenters. The van der Waals surface area contributed by atoms with E-state index < -0.39 is 11.8 Å². The van der Waals surface area contributed by atoms with Gasteiger partial charge in [-0.1, -0.05) is 72.8 Å². The third-order valence-electron chi connectivity index (χ3n) is 7.06. The van der Waals surface area contributed by atoms with Gasteiger partial charge in [-0.2, -0.15) is 0 Å². The Hall–Kier alpha value is -2.88. The topological polar surface area (TPSA) is 52.6 Å². The molecular weight excluding hydrogens is 364 g/mol. The Kier molecular flexibility index (Phi) is 4.30. The molecule has 2 aromatic carbocycles. The van der Waals surface area contributed by atoms with Crippen LogP contribution in [0.25, 0.3) is 0 Å². The van der Waals surface area contributed by atoms with Crippen LogP contribution >= 0.6 is 0 Å². The zero-order chi connectivity index (χ0) is 20.0. The highest BCUT2D eigenvalue weighted by Gasteiger charge is 2.63. The quantitative estimate of drug-likeness (QED) is 0.591. The van der Waals surface area contributed by atoms with Crippen molar-refractivity contribution in [3.05, 3.63) is 83.9 Å². The third kappa shape index (κ3) is 2.73. The van der Waals surface area contributed by atoms with Gasteiger partial charge in [-0.05, 0) is 29.4 Å². The highest BCUT2D eigenvalue weighted by atomic mass is 16.5. The molecule has 29 heavy (non-hydrogen) atoms. The van der Waals surface area contributed by atoms with Crippen molar-refractivity contribution >= 4 is 11.9 Å². The van der Waals surface area contributed by atoms with Crippen molar-refractivity contribution in [3.63, 3.8) is 0 Å². The number of rotatable bonds is 4. The van der Waals surface area contributed by atoms with Crippen LogP contribution in [0.3, 0.4) is 0 Å². The van der Waals surface area contributed by atoms with Crippen LogP contribution in [0.1, 0.15) is 17.5 Å². The summed E-state index contributed by atoms with van der Waals surface area (Å²) >= 11 is 0. The predicted octanol–water partition coefficient (Wildman–Crippen LogP) is 3.76. The van der Waals surface area contributed by atoms with Crippen LogP contribution in [-0.4, -0.2) is 25.7 Å². The van der Waals surface area contributed by atoms with Crippen molar-refractivity contribution < 1.29 is 19.1 Å². The number of esters is 2. The van der Waals surface area contributed by atoms with Crippen LogP contribution < -0.4 is 0 Å². The summed E-state index contributed by atoms with van der Waals surface area (Å²) in [7, 11) is 1.40. The summed E-state index contributed by atoms with van der Waals surface area (Å²) < 4.78 is 10.4. The van der Waals surface area contributed by atoms with E-state index in [-0.39, 0.29) is 35.1 Å². The molecular formula is C25H24O4. The van der Waals surface area contributed by atoms with Gasteiger partial charge < -0.3 is 9.47 Å². The minimum atomic E-state index is -0.496. The molecule has 2 aromatic rings. The Morgan fingerprint density at radius 3 is 2.21 bits per heavy atom. The number of fused-ring (bicyclic) bond motifs is 1. The van der Waals surface area contributed by atoms with Gasteiger partial charge in [-0.25, -0.2) is 0 Å². The molecule has 0 bridgehead atoms. The number of carbonyl (C=O) groups excluding carboxylic acids is 2. The lowest BCUT2D eigenvalue weighted by Gasteiger charge is -2.33. The molecule has 0 radical (unpaired) electrons. The van der Waals surface area contributed by atoms with Gasteiger partial charge in [0.25, 0.3) is 0 Å². The lowest BCUT2D eigenvalue weighted by molar-refractivity contribution is -0.156. The van der Waals surface area contributed by atoms with Gasteiger partial charge in [0.2, 0.25) is 0 Å². The molecule has 5 atom stereocenters. The summed E-state index contributed by atoms with van der Waals surface area (Å²) in [6, 6.07) is 21.0. The van der Waals surface area contributed by atoms with Crippen LogP contribution in [0, 0.1) is 29.6 Å². The van der Waals surface area contributed by atoms with E-state index in [9.17, 15) is 9.59 Å². The first-order valence-electron chi connectivity index (χ1n) is 10.2. The number of benzene rings is 2. The summed E-state index contributed by atoms with van der Waals surface area (Å²) in [5.41, 5.74) is 2.35. The van der Waals surface area contributed by atoms with Crippen LogP contribution in [0.2, 0.25) is 0 Å². The van der Waals surface area contributed by atoms with Crippen LogP contribution in [0.15, 0.2) is 72.8 Å². The van der Waals surface area contributed by atoms with Gasteiger partial charge in [0.05, 0.1) is 25.6 Å². The summed E-state index contributed by atoms with van der Waals surface area (Å²) in [6.45, 7) is 0.355. The van der Waals surface area contributed by atoms with E-state index in [0.717, 1.165) is 6.42 Å². The van der Waals surface area contributed by atoms with Crippen molar-refractivity contribution in [2.75, 3.05) is 13.7 Å². The lowest BCUT2D eigenvalue weighted by atomic mass is 9.68. The van der Waals surface area contributed by atoms with Crippen LogP contribution in [0.5, 0.6) is 0 Å². The number of cyclic esters (lactones) is 1. The second-order valence-electron chi connectivity index (χ2n) is 8.34. The van der Waals surface area contributed by atoms with E-state index in [1.807, 2.05) is 12.1 Å². The molecule has 0 amide bonds. The van der Waals surface area contributed by atoms with Gasteiger partial charge in [0, 0.05) is 11.3 Å². The van der Waals surface area contributed by atoms with Crippen LogP contribution in [-0.2, 0) is 24.5 Å². The molecule has 1 saturated carbocycles. The largest absolute Gasteiger partial charge is 0.469 e. The third-order valence-corrected chi connectivity index (χ3v) is 7.06. The van der Waals surface area contributed by atoms with E-state index in [1.54, 1.807) is 0 Å². The average Bonchev–Trinajstić information content (AvgIpc) is 3.44. The maximum Gasteiger partial charge on any atom is 0.310 e. The Balaban J connectivity index is 1.58. The fourth-order valence-corrected chi connectivity index (χ4v) is 5.65. The van der Waals surface area contributed by atoms with E-state index >= 15 is 0 Å². The Morgan fingerprint density at radius 2 is 1.62 bits per heavy atom.